The van der Waals surface area contributed by atoms with Crippen LogP contribution in [0.15, 0.2) is 30.4 Å². The van der Waals surface area contributed by atoms with Crippen molar-refractivity contribution >= 4 is 11.7 Å². The van der Waals surface area contributed by atoms with Crippen molar-refractivity contribution < 1.29 is 18.7 Å². The number of carbonyl (C=O) groups is 1. The van der Waals surface area contributed by atoms with E-state index in [0.717, 1.165) is 17.7 Å². The van der Waals surface area contributed by atoms with Gasteiger partial charge in [0.2, 0.25) is 0 Å². The number of aliphatic carboxylic acids is 1. The molecule has 5 heteroatoms. The van der Waals surface area contributed by atoms with Gasteiger partial charge in [-0.25, -0.2) is 8.78 Å². The molecule has 3 nitrogen and oxygen atoms in total. The van der Waals surface area contributed by atoms with Gasteiger partial charge in [-0.05, 0) is 19.1 Å². The minimum Gasteiger partial charge on any atom is -0.481 e. The minimum atomic E-state index is -0.964. The maximum atomic E-state index is 13.7. The fourth-order valence-corrected chi connectivity index (χ4v) is 1.72. The smallest absolute Gasteiger partial charge is 0.308 e. The maximum absolute atomic E-state index is 13.7. The molecule has 0 aliphatic heterocycles. The average Bonchev–Trinajstić information content (AvgIpc) is 2.27. The summed E-state index contributed by atoms with van der Waals surface area (Å²) in [6.07, 6.45) is 0. The van der Waals surface area contributed by atoms with E-state index in [0.29, 0.717) is 6.54 Å². The van der Waals surface area contributed by atoms with Gasteiger partial charge in [-0.3, -0.25) is 4.79 Å². The van der Waals surface area contributed by atoms with Gasteiger partial charge in [0, 0.05) is 19.2 Å². The first-order chi connectivity index (χ1) is 8.81. The number of carboxylic acids is 1. The topological polar surface area (TPSA) is 40.5 Å². The standard InChI is InChI=1S/C14H17F2NO2/c1-9(2)7-17(8-10(3)14(18)19)13-5-4-11(15)6-12(13)16/h4-6,10H,1,7-8H2,2-3H3,(H,18,19). The van der Waals surface area contributed by atoms with Crippen molar-refractivity contribution in [3.05, 3.63) is 42.0 Å². The van der Waals surface area contributed by atoms with Gasteiger partial charge in [0.05, 0.1) is 11.6 Å². The number of halogens is 2. The van der Waals surface area contributed by atoms with Gasteiger partial charge in [-0.15, -0.1) is 0 Å². The van der Waals surface area contributed by atoms with E-state index in [1.807, 2.05) is 0 Å². The van der Waals surface area contributed by atoms with E-state index in [9.17, 15) is 13.6 Å². The second kappa shape index (κ2) is 6.31. The lowest BCUT2D eigenvalue weighted by molar-refractivity contribution is -0.140. The summed E-state index contributed by atoms with van der Waals surface area (Å²) in [4.78, 5) is 12.4. The van der Waals surface area contributed by atoms with Gasteiger partial charge in [0.15, 0.2) is 0 Å². The number of hydrogen-bond acceptors (Lipinski definition) is 2. The Hall–Kier alpha value is -1.91. The summed E-state index contributed by atoms with van der Waals surface area (Å²) < 4.78 is 26.6. The molecular formula is C14H17F2NO2. The molecule has 1 rings (SSSR count). The van der Waals surface area contributed by atoms with Crippen molar-refractivity contribution in [3.8, 4) is 0 Å². The summed E-state index contributed by atoms with van der Waals surface area (Å²) in [5.74, 6) is -3.00. The molecule has 0 bridgehead atoms. The molecule has 1 aromatic carbocycles. The lowest BCUT2D eigenvalue weighted by Gasteiger charge is -2.27. The van der Waals surface area contributed by atoms with Gasteiger partial charge in [-0.1, -0.05) is 19.1 Å². The van der Waals surface area contributed by atoms with Crippen LogP contribution in [-0.4, -0.2) is 24.2 Å². The van der Waals surface area contributed by atoms with E-state index in [2.05, 4.69) is 6.58 Å². The number of anilines is 1. The zero-order valence-corrected chi connectivity index (χ0v) is 11.0. The van der Waals surface area contributed by atoms with Crippen LogP contribution in [0.5, 0.6) is 0 Å². The van der Waals surface area contributed by atoms with Crippen molar-refractivity contribution in [1.29, 1.82) is 0 Å². The first kappa shape index (κ1) is 15.1. The lowest BCUT2D eigenvalue weighted by atomic mass is 10.1. The Balaban J connectivity index is 3.01. The predicted octanol–water partition coefficient (Wildman–Crippen LogP) is 3.07. The van der Waals surface area contributed by atoms with Crippen LogP contribution in [0.1, 0.15) is 13.8 Å². The third kappa shape index (κ3) is 4.35. The first-order valence-electron chi connectivity index (χ1n) is 5.88. The van der Waals surface area contributed by atoms with Crippen LogP contribution in [0.3, 0.4) is 0 Å². The van der Waals surface area contributed by atoms with E-state index >= 15 is 0 Å². The molecule has 0 heterocycles. The predicted molar refractivity (Wildman–Crippen MR) is 70.2 cm³/mol. The van der Waals surface area contributed by atoms with Crippen LogP contribution >= 0.6 is 0 Å². The number of hydrogen-bond donors (Lipinski definition) is 1. The lowest BCUT2D eigenvalue weighted by Crippen LogP contribution is -2.33. The molecule has 0 aromatic heterocycles. The molecule has 0 radical (unpaired) electrons. The number of nitrogens with zero attached hydrogens (tertiary/aromatic N) is 1. The van der Waals surface area contributed by atoms with Crippen LogP contribution in [0.4, 0.5) is 14.5 Å². The zero-order valence-electron chi connectivity index (χ0n) is 11.0. The zero-order chi connectivity index (χ0) is 14.6. The number of carboxylic acid groups (broad SMARTS) is 1. The van der Waals surface area contributed by atoms with E-state index in [4.69, 9.17) is 5.11 Å². The van der Waals surface area contributed by atoms with Crippen molar-refractivity contribution in [2.75, 3.05) is 18.0 Å². The molecule has 0 aliphatic carbocycles. The van der Waals surface area contributed by atoms with Crippen LogP contribution in [-0.2, 0) is 4.79 Å². The summed E-state index contributed by atoms with van der Waals surface area (Å²) in [6.45, 7) is 7.48. The highest BCUT2D eigenvalue weighted by Crippen LogP contribution is 2.22. The Morgan fingerprint density at radius 3 is 2.58 bits per heavy atom. The molecule has 0 amide bonds. The highest BCUT2D eigenvalue weighted by molar-refractivity contribution is 5.70. The molecule has 0 spiro atoms. The average molecular weight is 269 g/mol. The van der Waals surface area contributed by atoms with Crippen molar-refractivity contribution in [3.63, 3.8) is 0 Å². The second-order valence-corrected chi connectivity index (χ2v) is 4.67. The molecule has 1 N–H and O–H groups in total. The molecule has 0 aliphatic rings. The molecule has 104 valence electrons. The fourth-order valence-electron chi connectivity index (χ4n) is 1.72. The first-order valence-corrected chi connectivity index (χ1v) is 5.88. The molecule has 0 saturated carbocycles. The van der Waals surface area contributed by atoms with Gasteiger partial charge in [-0.2, -0.15) is 0 Å². The second-order valence-electron chi connectivity index (χ2n) is 4.67. The Bertz CT molecular complexity index is 488. The van der Waals surface area contributed by atoms with Gasteiger partial charge in [0.25, 0.3) is 0 Å². The van der Waals surface area contributed by atoms with Crippen LogP contribution in [0, 0.1) is 17.6 Å². The van der Waals surface area contributed by atoms with E-state index in [-0.39, 0.29) is 12.2 Å². The number of rotatable bonds is 6. The molecule has 19 heavy (non-hydrogen) atoms. The van der Waals surface area contributed by atoms with Crippen molar-refractivity contribution in [2.45, 2.75) is 13.8 Å². The minimum absolute atomic E-state index is 0.130. The van der Waals surface area contributed by atoms with Gasteiger partial charge >= 0.3 is 5.97 Å². The highest BCUT2D eigenvalue weighted by atomic mass is 19.1. The van der Waals surface area contributed by atoms with Crippen LogP contribution in [0.25, 0.3) is 0 Å². The number of benzene rings is 1. The van der Waals surface area contributed by atoms with Crippen molar-refractivity contribution in [1.82, 2.24) is 0 Å². The molecular weight excluding hydrogens is 252 g/mol. The monoisotopic (exact) mass is 269 g/mol. The highest BCUT2D eigenvalue weighted by Gasteiger charge is 2.19. The maximum Gasteiger partial charge on any atom is 0.308 e. The summed E-state index contributed by atoms with van der Waals surface area (Å²) in [5, 5.41) is 8.92. The Kier molecular flexibility index (Phi) is 5.03. The summed E-state index contributed by atoms with van der Waals surface area (Å²) in [7, 11) is 0. The normalized spacial score (nSPS) is 12.0. The molecule has 1 aromatic rings. The van der Waals surface area contributed by atoms with E-state index in [1.54, 1.807) is 11.8 Å². The molecule has 0 fully saturated rings. The largest absolute Gasteiger partial charge is 0.481 e. The SMILES string of the molecule is C=C(C)CN(CC(C)C(=O)O)c1ccc(F)cc1F. The Labute approximate surface area is 111 Å². The molecule has 1 unspecified atom stereocenters. The van der Waals surface area contributed by atoms with Gasteiger partial charge in [0.1, 0.15) is 11.6 Å². The third-order valence-corrected chi connectivity index (χ3v) is 2.63. The summed E-state index contributed by atoms with van der Waals surface area (Å²) in [5.41, 5.74) is 0.943. The van der Waals surface area contributed by atoms with Crippen LogP contribution < -0.4 is 4.90 Å². The van der Waals surface area contributed by atoms with Crippen LogP contribution in [0.2, 0.25) is 0 Å². The van der Waals surface area contributed by atoms with Crippen molar-refractivity contribution in [2.24, 2.45) is 5.92 Å². The molecule has 1 atom stereocenters. The van der Waals surface area contributed by atoms with E-state index in [1.165, 1.54) is 13.0 Å². The Morgan fingerprint density at radius 2 is 2.11 bits per heavy atom. The Morgan fingerprint density at radius 1 is 1.47 bits per heavy atom. The molecule has 0 saturated heterocycles. The van der Waals surface area contributed by atoms with Gasteiger partial charge < -0.3 is 10.0 Å². The van der Waals surface area contributed by atoms with E-state index < -0.39 is 23.5 Å². The summed E-state index contributed by atoms with van der Waals surface area (Å²) in [6, 6.07) is 3.24. The quantitative estimate of drug-likeness (QED) is 0.807. The fraction of sp³-hybridized carbons (Fsp3) is 0.357. The third-order valence-electron chi connectivity index (χ3n) is 2.63. The summed E-state index contributed by atoms with van der Waals surface area (Å²) >= 11 is 0.